The lowest BCUT2D eigenvalue weighted by Crippen LogP contribution is -2.08. The van der Waals surface area contributed by atoms with Gasteiger partial charge in [-0.3, -0.25) is 0 Å². The second-order valence-corrected chi connectivity index (χ2v) is 5.09. The highest BCUT2D eigenvalue weighted by atomic mass is 35.5. The SMILES string of the molecule is COC(=O)c1nc(N)ccc1-c1cc(Cl)c(Cl)cc1Cl. The van der Waals surface area contributed by atoms with Crippen LogP contribution >= 0.6 is 34.8 Å². The van der Waals surface area contributed by atoms with Crippen LogP contribution in [0.15, 0.2) is 24.3 Å². The number of rotatable bonds is 2. The van der Waals surface area contributed by atoms with Gasteiger partial charge >= 0.3 is 5.97 Å². The van der Waals surface area contributed by atoms with Gasteiger partial charge in [0.15, 0.2) is 5.69 Å². The number of anilines is 1. The van der Waals surface area contributed by atoms with Gasteiger partial charge in [-0.1, -0.05) is 34.8 Å². The second kappa shape index (κ2) is 5.87. The summed E-state index contributed by atoms with van der Waals surface area (Å²) < 4.78 is 4.69. The maximum atomic E-state index is 11.8. The molecule has 104 valence electrons. The van der Waals surface area contributed by atoms with Crippen LogP contribution < -0.4 is 5.73 Å². The fourth-order valence-corrected chi connectivity index (χ4v) is 2.32. The summed E-state index contributed by atoms with van der Waals surface area (Å²) in [6.45, 7) is 0. The first-order valence-corrected chi connectivity index (χ1v) is 6.57. The topological polar surface area (TPSA) is 65.2 Å². The van der Waals surface area contributed by atoms with Crippen molar-refractivity contribution < 1.29 is 9.53 Å². The van der Waals surface area contributed by atoms with E-state index in [-0.39, 0.29) is 11.5 Å². The third-order valence-electron chi connectivity index (χ3n) is 2.60. The molecular formula is C13H9Cl3N2O2. The molecule has 7 heteroatoms. The molecule has 0 saturated carbocycles. The van der Waals surface area contributed by atoms with Crippen molar-refractivity contribution in [2.24, 2.45) is 0 Å². The number of carbonyl (C=O) groups excluding carboxylic acids is 1. The van der Waals surface area contributed by atoms with Gasteiger partial charge in [0, 0.05) is 11.1 Å². The summed E-state index contributed by atoms with van der Waals surface area (Å²) in [5.41, 5.74) is 6.64. The molecule has 1 aromatic carbocycles. The van der Waals surface area contributed by atoms with Crippen molar-refractivity contribution in [1.29, 1.82) is 0 Å². The third-order valence-corrected chi connectivity index (χ3v) is 3.63. The van der Waals surface area contributed by atoms with Crippen molar-refractivity contribution in [1.82, 2.24) is 4.98 Å². The van der Waals surface area contributed by atoms with Gasteiger partial charge in [0.05, 0.1) is 22.2 Å². The largest absolute Gasteiger partial charge is 0.464 e. The Balaban J connectivity index is 2.69. The predicted octanol–water partition coefficient (Wildman–Crippen LogP) is 4.08. The number of ether oxygens (including phenoxy) is 1. The molecule has 0 spiro atoms. The zero-order valence-corrected chi connectivity index (χ0v) is 12.6. The van der Waals surface area contributed by atoms with Gasteiger partial charge in [0.25, 0.3) is 0 Å². The van der Waals surface area contributed by atoms with Crippen LogP contribution in [0.1, 0.15) is 10.5 Å². The molecule has 4 nitrogen and oxygen atoms in total. The number of methoxy groups -OCH3 is 1. The zero-order valence-electron chi connectivity index (χ0n) is 10.3. The van der Waals surface area contributed by atoms with E-state index in [9.17, 15) is 4.79 Å². The highest BCUT2D eigenvalue weighted by Gasteiger charge is 2.18. The lowest BCUT2D eigenvalue weighted by molar-refractivity contribution is 0.0595. The molecule has 0 fully saturated rings. The van der Waals surface area contributed by atoms with Crippen LogP contribution in [0.3, 0.4) is 0 Å². The Hall–Kier alpha value is -1.49. The van der Waals surface area contributed by atoms with Gasteiger partial charge in [-0.2, -0.15) is 0 Å². The molecule has 20 heavy (non-hydrogen) atoms. The molecular weight excluding hydrogens is 323 g/mol. The number of hydrogen-bond donors (Lipinski definition) is 1. The molecule has 0 saturated heterocycles. The van der Waals surface area contributed by atoms with Crippen LogP contribution in [0.4, 0.5) is 5.82 Å². The van der Waals surface area contributed by atoms with E-state index in [2.05, 4.69) is 9.72 Å². The normalized spacial score (nSPS) is 10.4. The fraction of sp³-hybridized carbons (Fsp3) is 0.0769. The molecule has 2 N–H and O–H groups in total. The first-order chi connectivity index (χ1) is 9.43. The number of halogens is 3. The van der Waals surface area contributed by atoms with Gasteiger partial charge in [-0.15, -0.1) is 0 Å². The van der Waals surface area contributed by atoms with E-state index < -0.39 is 5.97 Å². The molecule has 0 aliphatic rings. The van der Waals surface area contributed by atoms with Crippen LogP contribution in [0, 0.1) is 0 Å². The fourth-order valence-electron chi connectivity index (χ4n) is 1.67. The van der Waals surface area contributed by atoms with E-state index in [1.165, 1.54) is 13.2 Å². The van der Waals surface area contributed by atoms with Crippen molar-refractivity contribution >= 4 is 46.6 Å². The smallest absolute Gasteiger partial charge is 0.357 e. The number of benzene rings is 1. The average Bonchev–Trinajstić information content (AvgIpc) is 2.42. The van der Waals surface area contributed by atoms with E-state index in [1.807, 2.05) is 0 Å². The van der Waals surface area contributed by atoms with Crippen molar-refractivity contribution in [3.8, 4) is 11.1 Å². The Morgan fingerprint density at radius 3 is 2.40 bits per heavy atom. The number of nitrogens with zero attached hydrogens (tertiary/aromatic N) is 1. The number of aromatic nitrogens is 1. The number of pyridine rings is 1. The Bertz CT molecular complexity index is 690. The van der Waals surface area contributed by atoms with Crippen molar-refractivity contribution in [3.05, 3.63) is 45.0 Å². The Morgan fingerprint density at radius 1 is 1.10 bits per heavy atom. The summed E-state index contributed by atoms with van der Waals surface area (Å²) in [5.74, 6) is -0.417. The number of nitrogen functional groups attached to an aromatic ring is 1. The molecule has 1 aromatic heterocycles. The van der Waals surface area contributed by atoms with E-state index >= 15 is 0 Å². The summed E-state index contributed by atoms with van der Waals surface area (Å²) in [5, 5.41) is 0.985. The minimum Gasteiger partial charge on any atom is -0.464 e. The van der Waals surface area contributed by atoms with E-state index in [4.69, 9.17) is 40.5 Å². The minimum absolute atomic E-state index is 0.0628. The standard InChI is InChI=1S/C13H9Cl3N2O2/c1-20-13(19)12-6(2-3-11(17)18-12)7-4-9(15)10(16)5-8(7)14/h2-5H,1H3,(H2,17,18). The van der Waals surface area contributed by atoms with Gasteiger partial charge in [0.2, 0.25) is 0 Å². The molecule has 0 bridgehead atoms. The maximum Gasteiger partial charge on any atom is 0.357 e. The van der Waals surface area contributed by atoms with E-state index in [0.717, 1.165) is 0 Å². The molecule has 2 rings (SSSR count). The lowest BCUT2D eigenvalue weighted by Gasteiger charge is -2.11. The average molecular weight is 332 g/mol. The van der Waals surface area contributed by atoms with Gasteiger partial charge in [-0.25, -0.2) is 9.78 Å². The van der Waals surface area contributed by atoms with Crippen molar-refractivity contribution in [2.75, 3.05) is 12.8 Å². The van der Waals surface area contributed by atoms with Crippen LogP contribution in [0.5, 0.6) is 0 Å². The number of hydrogen-bond acceptors (Lipinski definition) is 4. The molecule has 2 aromatic rings. The summed E-state index contributed by atoms with van der Waals surface area (Å²) in [6, 6.07) is 6.24. The van der Waals surface area contributed by atoms with Crippen LogP contribution in [-0.2, 0) is 4.74 Å². The highest BCUT2D eigenvalue weighted by Crippen LogP contribution is 2.36. The first-order valence-electron chi connectivity index (χ1n) is 5.43. The van der Waals surface area contributed by atoms with E-state index in [1.54, 1.807) is 18.2 Å². The quantitative estimate of drug-likeness (QED) is 0.665. The Labute approximate surface area is 130 Å². The number of nitrogens with two attached hydrogens (primary N) is 1. The molecule has 1 heterocycles. The molecule has 0 aliphatic heterocycles. The molecule has 0 aliphatic carbocycles. The summed E-state index contributed by atoms with van der Waals surface area (Å²) in [6.07, 6.45) is 0. The molecule has 0 amide bonds. The Kier molecular flexibility index (Phi) is 4.38. The highest BCUT2D eigenvalue weighted by molar-refractivity contribution is 6.44. The first kappa shape index (κ1) is 14.9. The number of carbonyl (C=O) groups is 1. The summed E-state index contributed by atoms with van der Waals surface area (Å²) in [4.78, 5) is 15.8. The minimum atomic E-state index is -0.616. The number of esters is 1. The maximum absolute atomic E-state index is 11.8. The van der Waals surface area contributed by atoms with Crippen molar-refractivity contribution in [2.45, 2.75) is 0 Å². The van der Waals surface area contributed by atoms with Crippen LogP contribution in [0.25, 0.3) is 11.1 Å². The summed E-state index contributed by atoms with van der Waals surface area (Å²) in [7, 11) is 1.26. The summed E-state index contributed by atoms with van der Waals surface area (Å²) >= 11 is 18.0. The molecule has 0 radical (unpaired) electrons. The Morgan fingerprint density at radius 2 is 1.75 bits per heavy atom. The lowest BCUT2D eigenvalue weighted by atomic mass is 10.0. The van der Waals surface area contributed by atoms with Gasteiger partial charge in [-0.05, 0) is 24.3 Å². The van der Waals surface area contributed by atoms with Crippen molar-refractivity contribution in [3.63, 3.8) is 0 Å². The zero-order chi connectivity index (χ0) is 14.9. The van der Waals surface area contributed by atoms with Gasteiger partial charge in [0.1, 0.15) is 5.82 Å². The molecule has 0 atom stereocenters. The van der Waals surface area contributed by atoms with Crippen LogP contribution in [0.2, 0.25) is 15.1 Å². The second-order valence-electron chi connectivity index (χ2n) is 3.87. The van der Waals surface area contributed by atoms with E-state index in [0.29, 0.717) is 26.2 Å². The monoisotopic (exact) mass is 330 g/mol. The third kappa shape index (κ3) is 2.82. The molecule has 0 unspecified atom stereocenters. The van der Waals surface area contributed by atoms with Gasteiger partial charge < -0.3 is 10.5 Å². The predicted molar refractivity (Wildman–Crippen MR) is 80.5 cm³/mol. The van der Waals surface area contributed by atoms with Crippen LogP contribution in [-0.4, -0.2) is 18.1 Å².